The van der Waals surface area contributed by atoms with Crippen molar-refractivity contribution in [2.75, 3.05) is 6.54 Å². The largest absolute Gasteiger partial charge is 0.389 e. The number of aryl methyl sites for hydroxylation is 1. The summed E-state index contributed by atoms with van der Waals surface area (Å²) >= 11 is 0. The molecule has 0 amide bonds. The van der Waals surface area contributed by atoms with E-state index in [1.54, 1.807) is 12.4 Å². The number of nitrogens with one attached hydrogen (secondary N) is 1. The van der Waals surface area contributed by atoms with E-state index in [4.69, 9.17) is 0 Å². The SMILES string of the molecule is CCCNC(CCCC(F)(F)F)c1ncc(C)cn1. The van der Waals surface area contributed by atoms with E-state index in [9.17, 15) is 13.2 Å². The van der Waals surface area contributed by atoms with Crippen molar-refractivity contribution < 1.29 is 13.2 Å². The number of rotatable bonds is 7. The summed E-state index contributed by atoms with van der Waals surface area (Å²) in [6, 6.07) is -0.206. The molecule has 108 valence electrons. The second kappa shape index (κ2) is 7.43. The summed E-state index contributed by atoms with van der Waals surface area (Å²) in [5.74, 6) is 0.571. The molecule has 1 unspecified atom stereocenters. The van der Waals surface area contributed by atoms with Gasteiger partial charge in [0.2, 0.25) is 0 Å². The van der Waals surface area contributed by atoms with Crippen LogP contribution in [-0.2, 0) is 0 Å². The van der Waals surface area contributed by atoms with Gasteiger partial charge in [-0.3, -0.25) is 0 Å². The van der Waals surface area contributed by atoms with Crippen LogP contribution in [0.3, 0.4) is 0 Å². The molecule has 3 nitrogen and oxygen atoms in total. The summed E-state index contributed by atoms with van der Waals surface area (Å²) in [5.41, 5.74) is 0.938. The Labute approximate surface area is 111 Å². The van der Waals surface area contributed by atoms with Gasteiger partial charge in [0.25, 0.3) is 0 Å². The Kier molecular flexibility index (Phi) is 6.21. The third-order valence-corrected chi connectivity index (χ3v) is 2.71. The lowest BCUT2D eigenvalue weighted by Crippen LogP contribution is -2.24. The van der Waals surface area contributed by atoms with Gasteiger partial charge in [-0.15, -0.1) is 0 Å². The zero-order valence-corrected chi connectivity index (χ0v) is 11.3. The lowest BCUT2D eigenvalue weighted by Gasteiger charge is -2.17. The van der Waals surface area contributed by atoms with Gasteiger partial charge in [-0.1, -0.05) is 6.92 Å². The zero-order valence-electron chi connectivity index (χ0n) is 11.3. The van der Waals surface area contributed by atoms with Crippen LogP contribution in [0.5, 0.6) is 0 Å². The van der Waals surface area contributed by atoms with Crippen LogP contribution in [0.1, 0.15) is 50.0 Å². The van der Waals surface area contributed by atoms with E-state index in [-0.39, 0.29) is 12.5 Å². The van der Waals surface area contributed by atoms with Crippen molar-refractivity contribution in [2.45, 2.75) is 51.7 Å². The first-order valence-electron chi connectivity index (χ1n) is 6.51. The molecule has 6 heteroatoms. The van der Waals surface area contributed by atoms with Crippen molar-refractivity contribution in [1.82, 2.24) is 15.3 Å². The van der Waals surface area contributed by atoms with Gasteiger partial charge in [0, 0.05) is 18.8 Å². The third kappa shape index (κ3) is 6.52. The molecule has 0 aliphatic rings. The minimum atomic E-state index is -4.09. The Balaban J connectivity index is 2.58. The topological polar surface area (TPSA) is 37.8 Å². The van der Waals surface area contributed by atoms with E-state index < -0.39 is 12.6 Å². The summed E-state index contributed by atoms with van der Waals surface area (Å²) in [6.07, 6.45) is -0.0850. The standard InChI is InChI=1S/C13H20F3N3/c1-3-7-17-11(5-4-6-13(14,15)16)12-18-8-10(2)9-19-12/h8-9,11,17H,3-7H2,1-2H3. The van der Waals surface area contributed by atoms with Gasteiger partial charge in [-0.2, -0.15) is 13.2 Å². The maximum Gasteiger partial charge on any atom is 0.389 e. The lowest BCUT2D eigenvalue weighted by atomic mass is 10.1. The van der Waals surface area contributed by atoms with Gasteiger partial charge < -0.3 is 5.32 Å². The van der Waals surface area contributed by atoms with Crippen molar-refractivity contribution >= 4 is 0 Å². The monoisotopic (exact) mass is 275 g/mol. The molecule has 0 aliphatic carbocycles. The van der Waals surface area contributed by atoms with Crippen LogP contribution >= 0.6 is 0 Å². The Morgan fingerprint density at radius 3 is 2.42 bits per heavy atom. The highest BCUT2D eigenvalue weighted by Crippen LogP contribution is 2.25. The average Bonchev–Trinajstić information content (AvgIpc) is 2.33. The van der Waals surface area contributed by atoms with Gasteiger partial charge in [0.05, 0.1) is 6.04 Å². The molecule has 0 aliphatic heterocycles. The Hall–Kier alpha value is -1.17. The number of alkyl halides is 3. The summed E-state index contributed by atoms with van der Waals surface area (Å²) in [6.45, 7) is 4.63. The van der Waals surface area contributed by atoms with Crippen LogP contribution in [0.4, 0.5) is 13.2 Å². The molecule has 0 radical (unpaired) electrons. The van der Waals surface area contributed by atoms with E-state index in [1.807, 2.05) is 13.8 Å². The first kappa shape index (κ1) is 15.9. The number of aromatic nitrogens is 2. The molecule has 0 spiro atoms. The molecule has 0 bridgehead atoms. The predicted molar refractivity (Wildman–Crippen MR) is 67.7 cm³/mol. The molecule has 1 rings (SSSR count). The summed E-state index contributed by atoms with van der Waals surface area (Å²) in [5, 5.41) is 3.20. The maximum absolute atomic E-state index is 12.2. The Morgan fingerprint density at radius 2 is 1.89 bits per heavy atom. The van der Waals surface area contributed by atoms with Gasteiger partial charge >= 0.3 is 6.18 Å². The van der Waals surface area contributed by atoms with Gasteiger partial charge in [0.1, 0.15) is 5.82 Å². The molecule has 0 aromatic carbocycles. The highest BCUT2D eigenvalue weighted by atomic mass is 19.4. The van der Waals surface area contributed by atoms with Crippen molar-refractivity contribution in [3.63, 3.8) is 0 Å². The first-order chi connectivity index (χ1) is 8.92. The minimum absolute atomic E-state index is 0.0854. The van der Waals surface area contributed by atoms with Crippen LogP contribution < -0.4 is 5.32 Å². The zero-order chi connectivity index (χ0) is 14.3. The van der Waals surface area contributed by atoms with Crippen molar-refractivity contribution in [3.8, 4) is 0 Å². The predicted octanol–water partition coefficient (Wildman–Crippen LogP) is 3.56. The quantitative estimate of drug-likeness (QED) is 0.826. The van der Waals surface area contributed by atoms with Crippen LogP contribution in [0.25, 0.3) is 0 Å². The second-order valence-electron chi connectivity index (χ2n) is 4.63. The fourth-order valence-corrected chi connectivity index (χ4v) is 1.73. The highest BCUT2D eigenvalue weighted by Gasteiger charge is 2.27. The fraction of sp³-hybridized carbons (Fsp3) is 0.692. The molecular formula is C13H20F3N3. The molecule has 1 N–H and O–H groups in total. The molecule has 1 heterocycles. The summed E-state index contributed by atoms with van der Waals surface area (Å²) < 4.78 is 36.5. The van der Waals surface area contributed by atoms with E-state index in [0.717, 1.165) is 18.5 Å². The highest BCUT2D eigenvalue weighted by molar-refractivity contribution is 5.04. The lowest BCUT2D eigenvalue weighted by molar-refractivity contribution is -0.135. The summed E-state index contributed by atoms with van der Waals surface area (Å²) in [7, 11) is 0. The smallest absolute Gasteiger partial charge is 0.307 e. The molecule has 1 aromatic heterocycles. The third-order valence-electron chi connectivity index (χ3n) is 2.71. The van der Waals surface area contributed by atoms with E-state index in [0.29, 0.717) is 12.2 Å². The van der Waals surface area contributed by atoms with Crippen LogP contribution in [0, 0.1) is 6.92 Å². The fourth-order valence-electron chi connectivity index (χ4n) is 1.73. The van der Waals surface area contributed by atoms with Gasteiger partial charge in [0.15, 0.2) is 0 Å². The van der Waals surface area contributed by atoms with Crippen molar-refractivity contribution in [2.24, 2.45) is 0 Å². The molecule has 19 heavy (non-hydrogen) atoms. The first-order valence-corrected chi connectivity index (χ1v) is 6.51. The molecule has 0 saturated carbocycles. The van der Waals surface area contributed by atoms with E-state index in [2.05, 4.69) is 15.3 Å². The average molecular weight is 275 g/mol. The van der Waals surface area contributed by atoms with Crippen LogP contribution in [0.15, 0.2) is 12.4 Å². The number of halogens is 3. The maximum atomic E-state index is 12.2. The molecule has 0 saturated heterocycles. The normalized spacial score (nSPS) is 13.5. The number of nitrogens with zero attached hydrogens (tertiary/aromatic N) is 2. The Bertz CT molecular complexity index is 362. The van der Waals surface area contributed by atoms with Crippen molar-refractivity contribution in [3.05, 3.63) is 23.8 Å². The van der Waals surface area contributed by atoms with Crippen molar-refractivity contribution in [1.29, 1.82) is 0 Å². The van der Waals surface area contributed by atoms with Gasteiger partial charge in [-0.05, 0) is 38.3 Å². The van der Waals surface area contributed by atoms with E-state index >= 15 is 0 Å². The summed E-state index contributed by atoms with van der Waals surface area (Å²) in [4.78, 5) is 8.38. The molecule has 0 fully saturated rings. The number of hydrogen-bond donors (Lipinski definition) is 1. The molecule has 1 atom stereocenters. The van der Waals surface area contributed by atoms with Gasteiger partial charge in [-0.25, -0.2) is 9.97 Å². The Morgan fingerprint density at radius 1 is 1.26 bits per heavy atom. The van der Waals surface area contributed by atoms with E-state index in [1.165, 1.54) is 0 Å². The van der Waals surface area contributed by atoms with Crippen LogP contribution in [0.2, 0.25) is 0 Å². The second-order valence-corrected chi connectivity index (χ2v) is 4.63. The number of hydrogen-bond acceptors (Lipinski definition) is 3. The molecule has 1 aromatic rings. The van der Waals surface area contributed by atoms with Crippen LogP contribution in [-0.4, -0.2) is 22.7 Å². The minimum Gasteiger partial charge on any atom is -0.307 e. The molecular weight excluding hydrogens is 255 g/mol.